The number of aromatic nitrogens is 1. The van der Waals surface area contributed by atoms with Crippen LogP contribution in [0, 0.1) is 0 Å². The van der Waals surface area contributed by atoms with Gasteiger partial charge in [-0.15, -0.1) is 13.2 Å². The normalized spacial score (nSPS) is 10.4. The molecule has 0 saturated heterocycles. The zero-order valence-electron chi connectivity index (χ0n) is 8.79. The van der Waals surface area contributed by atoms with Gasteiger partial charge in [0.25, 0.3) is 0 Å². The number of rotatable bonds is 4. The lowest BCUT2D eigenvalue weighted by Crippen LogP contribution is -1.88. The van der Waals surface area contributed by atoms with E-state index in [0.29, 0.717) is 0 Å². The summed E-state index contributed by atoms with van der Waals surface area (Å²) in [7, 11) is 0. The number of H-pyrrole nitrogens is 1. The lowest BCUT2D eigenvalue weighted by molar-refractivity contribution is 1.11. The predicted octanol–water partition coefficient (Wildman–Crippen LogP) is 3.62. The number of hydrogen-bond acceptors (Lipinski definition) is 0. The molecule has 0 saturated carbocycles. The molecular formula is C14H15N. The van der Waals surface area contributed by atoms with Gasteiger partial charge in [0.1, 0.15) is 0 Å². The molecule has 0 aliphatic heterocycles. The average molecular weight is 197 g/mol. The Labute approximate surface area is 90.1 Å². The molecule has 1 heterocycles. The van der Waals surface area contributed by atoms with Gasteiger partial charge >= 0.3 is 0 Å². The van der Waals surface area contributed by atoms with E-state index in [4.69, 9.17) is 0 Å². The van der Waals surface area contributed by atoms with Crippen LogP contribution in [-0.2, 0) is 12.8 Å². The van der Waals surface area contributed by atoms with E-state index < -0.39 is 0 Å². The predicted molar refractivity (Wildman–Crippen MR) is 66.1 cm³/mol. The second-order valence-corrected chi connectivity index (χ2v) is 3.61. The smallest absolute Gasteiger partial charge is 0.0459 e. The first kappa shape index (κ1) is 9.78. The van der Waals surface area contributed by atoms with Crippen molar-refractivity contribution in [3.63, 3.8) is 0 Å². The molecule has 15 heavy (non-hydrogen) atoms. The maximum atomic E-state index is 3.80. The number of para-hydroxylation sites is 1. The van der Waals surface area contributed by atoms with E-state index in [0.717, 1.165) is 12.8 Å². The highest BCUT2D eigenvalue weighted by molar-refractivity contribution is 5.84. The van der Waals surface area contributed by atoms with Crippen molar-refractivity contribution in [2.45, 2.75) is 12.8 Å². The van der Waals surface area contributed by atoms with E-state index in [1.165, 1.54) is 22.2 Å². The number of aromatic amines is 1. The van der Waals surface area contributed by atoms with E-state index in [1.54, 1.807) is 0 Å². The van der Waals surface area contributed by atoms with Gasteiger partial charge in [-0.25, -0.2) is 0 Å². The molecular weight excluding hydrogens is 182 g/mol. The van der Waals surface area contributed by atoms with Crippen LogP contribution in [0.25, 0.3) is 10.9 Å². The lowest BCUT2D eigenvalue weighted by atomic mass is 10.1. The minimum Gasteiger partial charge on any atom is -0.358 e. The Hall–Kier alpha value is -1.76. The van der Waals surface area contributed by atoms with Crippen molar-refractivity contribution in [2.24, 2.45) is 0 Å². The van der Waals surface area contributed by atoms with Crippen LogP contribution in [0.4, 0.5) is 0 Å². The second-order valence-electron chi connectivity index (χ2n) is 3.61. The summed E-state index contributed by atoms with van der Waals surface area (Å²) in [6, 6.07) is 8.38. The Morgan fingerprint density at radius 2 is 1.80 bits per heavy atom. The summed E-state index contributed by atoms with van der Waals surface area (Å²) in [5.41, 5.74) is 3.80. The fourth-order valence-corrected chi connectivity index (χ4v) is 1.95. The minimum atomic E-state index is 0.887. The number of benzene rings is 1. The number of nitrogens with one attached hydrogen (secondary N) is 1. The maximum Gasteiger partial charge on any atom is 0.0459 e. The topological polar surface area (TPSA) is 15.8 Å². The van der Waals surface area contributed by atoms with Gasteiger partial charge in [-0.05, 0) is 18.1 Å². The van der Waals surface area contributed by atoms with E-state index >= 15 is 0 Å². The molecule has 0 fully saturated rings. The average Bonchev–Trinajstić information content (AvgIpc) is 2.59. The van der Waals surface area contributed by atoms with Crippen molar-refractivity contribution in [3.8, 4) is 0 Å². The minimum absolute atomic E-state index is 0.887. The van der Waals surface area contributed by atoms with Gasteiger partial charge in [-0.3, -0.25) is 0 Å². The summed E-state index contributed by atoms with van der Waals surface area (Å²) in [5.74, 6) is 0. The summed E-state index contributed by atoms with van der Waals surface area (Å²) in [6.07, 6.45) is 5.67. The quantitative estimate of drug-likeness (QED) is 0.720. The van der Waals surface area contributed by atoms with E-state index in [9.17, 15) is 0 Å². The third-order valence-electron chi connectivity index (χ3n) is 2.60. The molecule has 2 aromatic rings. The molecule has 1 aromatic heterocycles. The van der Waals surface area contributed by atoms with Crippen LogP contribution in [0.15, 0.2) is 49.6 Å². The summed E-state index contributed by atoms with van der Waals surface area (Å²) in [5, 5.41) is 1.30. The highest BCUT2D eigenvalue weighted by Gasteiger charge is 2.07. The molecule has 0 unspecified atom stereocenters. The molecule has 0 aliphatic carbocycles. The van der Waals surface area contributed by atoms with Gasteiger partial charge in [0.15, 0.2) is 0 Å². The second kappa shape index (κ2) is 4.18. The molecule has 1 N–H and O–H groups in total. The monoisotopic (exact) mass is 197 g/mol. The largest absolute Gasteiger partial charge is 0.358 e. The van der Waals surface area contributed by atoms with Crippen molar-refractivity contribution in [1.82, 2.24) is 4.98 Å². The van der Waals surface area contributed by atoms with Gasteiger partial charge in [0.2, 0.25) is 0 Å². The first-order chi connectivity index (χ1) is 7.36. The van der Waals surface area contributed by atoms with Gasteiger partial charge in [-0.1, -0.05) is 30.4 Å². The molecule has 0 amide bonds. The molecule has 1 heteroatoms. The highest BCUT2D eigenvalue weighted by Crippen LogP contribution is 2.23. The van der Waals surface area contributed by atoms with Crippen molar-refractivity contribution in [2.75, 3.05) is 0 Å². The third-order valence-corrected chi connectivity index (χ3v) is 2.60. The van der Waals surface area contributed by atoms with Crippen LogP contribution in [0.1, 0.15) is 11.3 Å². The van der Waals surface area contributed by atoms with Gasteiger partial charge in [0, 0.05) is 23.0 Å². The fourth-order valence-electron chi connectivity index (χ4n) is 1.95. The first-order valence-corrected chi connectivity index (χ1v) is 5.17. The number of hydrogen-bond donors (Lipinski definition) is 1. The van der Waals surface area contributed by atoms with Gasteiger partial charge in [0.05, 0.1) is 0 Å². The Morgan fingerprint density at radius 3 is 2.53 bits per heavy atom. The molecule has 0 spiro atoms. The van der Waals surface area contributed by atoms with E-state index in [2.05, 4.69) is 36.3 Å². The zero-order valence-corrected chi connectivity index (χ0v) is 8.79. The molecule has 2 rings (SSSR count). The van der Waals surface area contributed by atoms with Gasteiger partial charge in [-0.2, -0.15) is 0 Å². The summed E-state index contributed by atoms with van der Waals surface area (Å²) < 4.78 is 0. The maximum absolute atomic E-state index is 3.80. The van der Waals surface area contributed by atoms with Crippen LogP contribution in [0.5, 0.6) is 0 Å². The summed E-state index contributed by atoms with van der Waals surface area (Å²) in [4.78, 5) is 3.43. The van der Waals surface area contributed by atoms with Crippen molar-refractivity contribution in [1.29, 1.82) is 0 Å². The van der Waals surface area contributed by atoms with E-state index in [1.807, 2.05) is 18.2 Å². The SMILES string of the molecule is C=CCc1[nH]c2ccccc2c1CC=C. The molecule has 76 valence electrons. The summed E-state index contributed by atoms with van der Waals surface area (Å²) >= 11 is 0. The number of fused-ring (bicyclic) bond motifs is 1. The van der Waals surface area contributed by atoms with Crippen molar-refractivity contribution < 1.29 is 0 Å². The van der Waals surface area contributed by atoms with Crippen LogP contribution in [0.2, 0.25) is 0 Å². The van der Waals surface area contributed by atoms with Crippen LogP contribution in [0.3, 0.4) is 0 Å². The Morgan fingerprint density at radius 1 is 1.07 bits per heavy atom. The van der Waals surface area contributed by atoms with E-state index in [-0.39, 0.29) is 0 Å². The standard InChI is InChI=1S/C14H15N/c1-3-7-11-12-9-5-6-10-14(12)15-13(11)8-4-2/h3-6,9-10,15H,1-2,7-8H2. The molecule has 0 bridgehead atoms. The molecule has 0 radical (unpaired) electrons. The number of allylic oxidation sites excluding steroid dienone is 2. The van der Waals surface area contributed by atoms with Gasteiger partial charge < -0.3 is 4.98 Å². The molecule has 1 nitrogen and oxygen atoms in total. The zero-order chi connectivity index (χ0) is 10.7. The highest BCUT2D eigenvalue weighted by atomic mass is 14.7. The molecule has 1 aromatic carbocycles. The molecule has 0 aliphatic rings. The molecule has 0 atom stereocenters. The fraction of sp³-hybridized carbons (Fsp3) is 0.143. The van der Waals surface area contributed by atoms with Crippen LogP contribution in [-0.4, -0.2) is 4.98 Å². The first-order valence-electron chi connectivity index (χ1n) is 5.17. The van der Waals surface area contributed by atoms with Crippen molar-refractivity contribution in [3.05, 3.63) is 60.8 Å². The summed E-state index contributed by atoms with van der Waals surface area (Å²) in [6.45, 7) is 7.59. The Kier molecular flexibility index (Phi) is 2.72. The van der Waals surface area contributed by atoms with Crippen LogP contribution < -0.4 is 0 Å². The Bertz CT molecular complexity index is 491. The van der Waals surface area contributed by atoms with Crippen molar-refractivity contribution >= 4 is 10.9 Å². The lowest BCUT2D eigenvalue weighted by Gasteiger charge is -1.98. The Balaban J connectivity index is 2.62. The third kappa shape index (κ3) is 1.73. The van der Waals surface area contributed by atoms with Crippen LogP contribution >= 0.6 is 0 Å².